The fraction of sp³-hybridized carbons (Fsp3) is 0.280. The maximum absolute atomic E-state index is 13.1. The van der Waals surface area contributed by atoms with Gasteiger partial charge in [-0.05, 0) is 66.2 Å². The number of carbonyl (C=O) groups excluding carboxylic acids is 1. The second kappa shape index (κ2) is 12.3. The Morgan fingerprint density at radius 3 is 2.54 bits per heavy atom. The lowest BCUT2D eigenvalue weighted by Gasteiger charge is -2.12. The van der Waals surface area contributed by atoms with Gasteiger partial charge in [-0.25, -0.2) is 0 Å². The van der Waals surface area contributed by atoms with Gasteiger partial charge in [-0.2, -0.15) is 8.42 Å². The van der Waals surface area contributed by atoms with Crippen LogP contribution in [0.25, 0.3) is 6.08 Å². The van der Waals surface area contributed by atoms with Crippen LogP contribution in [0, 0.1) is 0 Å². The van der Waals surface area contributed by atoms with Gasteiger partial charge in [0.25, 0.3) is 15.9 Å². The van der Waals surface area contributed by atoms with Gasteiger partial charge in [0.15, 0.2) is 16.7 Å². The molecule has 0 saturated carbocycles. The highest BCUT2D eigenvalue weighted by molar-refractivity contribution is 8.19. The van der Waals surface area contributed by atoms with E-state index < -0.39 is 10.0 Å². The first-order valence-electron chi connectivity index (χ1n) is 11.0. The van der Waals surface area contributed by atoms with Gasteiger partial charge >= 0.3 is 0 Å². The fourth-order valence-corrected chi connectivity index (χ4v) is 5.53. The average Bonchev–Trinajstić information content (AvgIpc) is 3.11. The summed E-state index contributed by atoms with van der Waals surface area (Å²) >= 11 is 6.85. The number of amidine groups is 1. The van der Waals surface area contributed by atoms with Crippen molar-refractivity contribution in [3.63, 3.8) is 0 Å². The van der Waals surface area contributed by atoms with Crippen LogP contribution >= 0.6 is 23.4 Å². The van der Waals surface area contributed by atoms with E-state index in [2.05, 4.69) is 17.9 Å². The molecule has 10 heteroatoms. The minimum Gasteiger partial charge on any atom is -0.493 e. The average molecular weight is 535 g/mol. The summed E-state index contributed by atoms with van der Waals surface area (Å²) in [6.45, 7) is 6.47. The molecule has 186 valence electrons. The van der Waals surface area contributed by atoms with E-state index >= 15 is 0 Å². The van der Waals surface area contributed by atoms with E-state index in [1.165, 1.54) is 35.2 Å². The molecule has 2 aromatic carbocycles. The van der Waals surface area contributed by atoms with Crippen LogP contribution in [0.1, 0.15) is 31.7 Å². The van der Waals surface area contributed by atoms with Gasteiger partial charge in [0.05, 0.1) is 23.5 Å². The van der Waals surface area contributed by atoms with E-state index in [0.717, 1.165) is 31.0 Å². The molecule has 1 saturated heterocycles. The normalized spacial score (nSPS) is 16.2. The lowest BCUT2D eigenvalue weighted by Crippen LogP contribution is -2.29. The molecule has 0 aromatic heterocycles. The number of hydrogen-bond acceptors (Lipinski definition) is 6. The van der Waals surface area contributed by atoms with Crippen molar-refractivity contribution < 1.29 is 22.7 Å². The molecule has 0 unspecified atom stereocenters. The van der Waals surface area contributed by atoms with Crippen molar-refractivity contribution in [1.82, 2.24) is 4.90 Å². The minimum atomic E-state index is -4.05. The molecule has 0 aliphatic carbocycles. The third-order valence-corrected chi connectivity index (χ3v) is 7.66. The maximum atomic E-state index is 13.1. The summed E-state index contributed by atoms with van der Waals surface area (Å²) in [5, 5.41) is 0.467. The molecule has 1 fully saturated rings. The highest BCUT2D eigenvalue weighted by atomic mass is 35.5. The van der Waals surface area contributed by atoms with Crippen LogP contribution in [0.4, 0.5) is 0 Å². The number of methoxy groups -OCH3 is 1. The Morgan fingerprint density at radius 1 is 1.14 bits per heavy atom. The number of thioether (sulfide) groups is 1. The molecule has 7 nitrogen and oxygen atoms in total. The number of sulfonamides is 1. The maximum Gasteiger partial charge on any atom is 0.284 e. The van der Waals surface area contributed by atoms with Crippen LogP contribution in [-0.4, -0.2) is 44.7 Å². The van der Waals surface area contributed by atoms with Crippen molar-refractivity contribution in [3.8, 4) is 11.5 Å². The number of halogens is 1. The summed E-state index contributed by atoms with van der Waals surface area (Å²) in [5.74, 6) is 0.815. The number of hydrogen-bond donors (Lipinski definition) is 0. The molecule has 1 aliphatic heterocycles. The zero-order valence-corrected chi connectivity index (χ0v) is 22.0. The second-order valence-electron chi connectivity index (χ2n) is 7.58. The minimum absolute atomic E-state index is 0.0153. The molecule has 1 amide bonds. The summed E-state index contributed by atoms with van der Waals surface area (Å²) in [7, 11) is -2.48. The molecule has 0 radical (unpaired) electrons. The summed E-state index contributed by atoms with van der Waals surface area (Å²) in [4.78, 5) is 14.7. The first kappa shape index (κ1) is 26.8. The number of benzene rings is 2. The van der Waals surface area contributed by atoms with Gasteiger partial charge in [0.2, 0.25) is 0 Å². The fourth-order valence-electron chi connectivity index (χ4n) is 3.21. The molecule has 0 spiro atoms. The highest BCUT2D eigenvalue weighted by Gasteiger charge is 2.34. The third-order valence-electron chi connectivity index (χ3n) is 5.00. The Hall–Kier alpha value is -2.75. The van der Waals surface area contributed by atoms with E-state index in [0.29, 0.717) is 33.6 Å². The molecule has 0 atom stereocenters. The molecule has 0 N–H and O–H groups in total. The van der Waals surface area contributed by atoms with Crippen LogP contribution in [0.15, 0.2) is 69.3 Å². The number of unbranched alkanes of at least 4 members (excludes halogenated alkanes) is 2. The Labute approximate surface area is 215 Å². The van der Waals surface area contributed by atoms with Crippen molar-refractivity contribution >= 4 is 50.5 Å². The SMILES string of the molecule is C=CCN1C(=O)C(=Cc2ccc(OC)c(OCCCCC)c2)SC1=NS(=O)(=O)c1ccc(Cl)cc1. The van der Waals surface area contributed by atoms with E-state index in [-0.39, 0.29) is 22.5 Å². The molecule has 0 bridgehead atoms. The smallest absolute Gasteiger partial charge is 0.284 e. The van der Waals surface area contributed by atoms with E-state index in [1.807, 2.05) is 0 Å². The van der Waals surface area contributed by atoms with Gasteiger partial charge in [-0.3, -0.25) is 9.69 Å². The third kappa shape index (κ3) is 6.90. The Kier molecular flexibility index (Phi) is 9.42. The number of nitrogens with zero attached hydrogens (tertiary/aromatic N) is 2. The quantitative estimate of drug-likeness (QED) is 0.207. The lowest BCUT2D eigenvalue weighted by molar-refractivity contribution is -0.121. The van der Waals surface area contributed by atoms with Crippen molar-refractivity contribution in [1.29, 1.82) is 0 Å². The molecule has 1 heterocycles. The molecular weight excluding hydrogens is 508 g/mol. The van der Waals surface area contributed by atoms with E-state index in [9.17, 15) is 13.2 Å². The van der Waals surface area contributed by atoms with Gasteiger partial charge in [-0.15, -0.1) is 11.0 Å². The van der Waals surface area contributed by atoms with E-state index in [1.54, 1.807) is 31.4 Å². The zero-order chi connectivity index (χ0) is 25.4. The summed E-state index contributed by atoms with van der Waals surface area (Å²) in [6.07, 6.45) is 6.28. The Bertz CT molecular complexity index is 1240. The molecule has 35 heavy (non-hydrogen) atoms. The predicted molar refractivity (Wildman–Crippen MR) is 142 cm³/mol. The highest BCUT2D eigenvalue weighted by Crippen LogP contribution is 2.35. The van der Waals surface area contributed by atoms with Crippen molar-refractivity contribution in [2.24, 2.45) is 4.40 Å². The molecule has 1 aliphatic rings. The monoisotopic (exact) mass is 534 g/mol. The van der Waals surface area contributed by atoms with Gasteiger partial charge < -0.3 is 9.47 Å². The van der Waals surface area contributed by atoms with Crippen LogP contribution in [0.2, 0.25) is 5.02 Å². The van der Waals surface area contributed by atoms with Crippen molar-refractivity contribution in [2.45, 2.75) is 31.1 Å². The van der Waals surface area contributed by atoms with Crippen LogP contribution in [-0.2, 0) is 14.8 Å². The first-order valence-corrected chi connectivity index (χ1v) is 13.7. The van der Waals surface area contributed by atoms with Gasteiger partial charge in [-0.1, -0.05) is 43.5 Å². The predicted octanol–water partition coefficient (Wildman–Crippen LogP) is 5.76. The number of amides is 1. The first-order chi connectivity index (χ1) is 16.8. The van der Waals surface area contributed by atoms with Crippen LogP contribution in [0.5, 0.6) is 11.5 Å². The largest absolute Gasteiger partial charge is 0.493 e. The van der Waals surface area contributed by atoms with Crippen molar-refractivity contribution in [2.75, 3.05) is 20.3 Å². The van der Waals surface area contributed by atoms with Crippen LogP contribution < -0.4 is 9.47 Å². The standard InChI is InChI=1S/C25H27ClN2O5S2/c1-4-6-7-15-33-22-16-18(8-13-21(22)32-3)17-23-24(29)28(14-5-2)25(34-23)27-35(30,31)20-11-9-19(26)10-12-20/h5,8-13,16-17H,2,4,6-7,14-15H2,1,3H3. The second-order valence-corrected chi connectivity index (χ2v) is 10.6. The van der Waals surface area contributed by atoms with Crippen LogP contribution in [0.3, 0.4) is 0 Å². The van der Waals surface area contributed by atoms with Gasteiger partial charge in [0, 0.05) is 11.6 Å². The summed E-state index contributed by atoms with van der Waals surface area (Å²) < 4.78 is 40.9. The number of carbonyl (C=O) groups is 1. The number of rotatable bonds is 11. The van der Waals surface area contributed by atoms with E-state index in [4.69, 9.17) is 21.1 Å². The summed E-state index contributed by atoms with van der Waals surface area (Å²) in [5.41, 5.74) is 0.715. The Morgan fingerprint density at radius 2 is 1.89 bits per heavy atom. The summed E-state index contributed by atoms with van der Waals surface area (Å²) in [6, 6.07) is 11.1. The Balaban J connectivity index is 1.91. The molecule has 3 rings (SSSR count). The van der Waals surface area contributed by atoms with Gasteiger partial charge in [0.1, 0.15) is 0 Å². The zero-order valence-electron chi connectivity index (χ0n) is 19.6. The molecule has 2 aromatic rings. The topological polar surface area (TPSA) is 85.3 Å². The lowest BCUT2D eigenvalue weighted by atomic mass is 10.2. The molecular formula is C25H27ClN2O5S2. The number of ether oxygens (including phenoxy) is 2. The van der Waals surface area contributed by atoms with Crippen molar-refractivity contribution in [3.05, 3.63) is 70.6 Å².